The zero-order valence-electron chi connectivity index (χ0n) is 7.56. The van der Waals surface area contributed by atoms with E-state index in [9.17, 15) is 14.0 Å². The van der Waals surface area contributed by atoms with Gasteiger partial charge < -0.3 is 0 Å². The van der Waals surface area contributed by atoms with Gasteiger partial charge in [-0.3, -0.25) is 14.6 Å². The van der Waals surface area contributed by atoms with Crippen LogP contribution in [0.2, 0.25) is 0 Å². The smallest absolute Gasteiger partial charge is 0.288 e. The van der Waals surface area contributed by atoms with Gasteiger partial charge in [-0.25, -0.2) is 4.39 Å². The summed E-state index contributed by atoms with van der Waals surface area (Å²) in [7, 11) is 0. The Hall–Kier alpha value is -1.29. The van der Waals surface area contributed by atoms with E-state index in [2.05, 4.69) is 4.99 Å². The average molecular weight is 228 g/mol. The fraction of sp³-hybridized carbons (Fsp3) is 0.300. The third kappa shape index (κ3) is 1.77. The third-order valence-corrected chi connectivity index (χ3v) is 2.72. The minimum atomic E-state index is -1.00. The molecule has 3 nitrogen and oxygen atoms in total. The maximum atomic E-state index is 12.8. The first kappa shape index (κ1) is 10.2. The minimum Gasteiger partial charge on any atom is -0.289 e. The standard InChI is InChI=1S/C10H7ClFNO2/c11-10(15)9(14)7-4-13-8-3-5(12)1-2-6(7)8/h1-4,6-8H. The van der Waals surface area contributed by atoms with E-state index in [4.69, 9.17) is 11.6 Å². The predicted octanol–water partition coefficient (Wildman–Crippen LogP) is 1.43. The van der Waals surface area contributed by atoms with Gasteiger partial charge in [0.15, 0.2) is 0 Å². The van der Waals surface area contributed by atoms with Gasteiger partial charge in [0.05, 0.1) is 12.0 Å². The lowest BCUT2D eigenvalue weighted by Gasteiger charge is -2.18. The van der Waals surface area contributed by atoms with E-state index in [1.807, 2.05) is 0 Å². The molecule has 0 radical (unpaired) electrons. The second kappa shape index (κ2) is 3.70. The van der Waals surface area contributed by atoms with Gasteiger partial charge in [0, 0.05) is 12.1 Å². The van der Waals surface area contributed by atoms with Gasteiger partial charge in [-0.2, -0.15) is 0 Å². The van der Waals surface area contributed by atoms with E-state index >= 15 is 0 Å². The van der Waals surface area contributed by atoms with Crippen LogP contribution in [-0.4, -0.2) is 23.3 Å². The van der Waals surface area contributed by atoms with Crippen LogP contribution in [0.1, 0.15) is 0 Å². The SMILES string of the molecule is O=C(Cl)C(=O)C1C=NC2C=C(F)C=CC21. The van der Waals surface area contributed by atoms with Crippen molar-refractivity contribution in [2.45, 2.75) is 6.04 Å². The number of fused-ring (bicyclic) bond motifs is 1. The second-order valence-electron chi connectivity index (χ2n) is 3.44. The van der Waals surface area contributed by atoms with Crippen LogP contribution in [0.15, 0.2) is 29.0 Å². The maximum absolute atomic E-state index is 12.8. The highest BCUT2D eigenvalue weighted by atomic mass is 35.5. The van der Waals surface area contributed by atoms with Crippen LogP contribution in [0.5, 0.6) is 0 Å². The van der Waals surface area contributed by atoms with Crippen LogP contribution >= 0.6 is 11.6 Å². The Kier molecular flexibility index (Phi) is 2.52. The molecule has 0 bridgehead atoms. The Balaban J connectivity index is 2.22. The molecule has 0 fully saturated rings. The Labute approximate surface area is 90.3 Å². The van der Waals surface area contributed by atoms with Crippen molar-refractivity contribution in [1.82, 2.24) is 0 Å². The number of aliphatic imine (C=N–C) groups is 1. The number of hydrogen-bond acceptors (Lipinski definition) is 3. The van der Waals surface area contributed by atoms with Crippen LogP contribution in [0.25, 0.3) is 0 Å². The van der Waals surface area contributed by atoms with E-state index in [1.165, 1.54) is 18.4 Å². The van der Waals surface area contributed by atoms with Crippen LogP contribution in [0.4, 0.5) is 4.39 Å². The first-order valence-corrected chi connectivity index (χ1v) is 4.80. The van der Waals surface area contributed by atoms with E-state index in [0.717, 1.165) is 0 Å². The molecule has 2 aliphatic rings. The number of hydrogen-bond donors (Lipinski definition) is 0. The first-order chi connectivity index (χ1) is 7.09. The number of carbonyl (C=O) groups excluding carboxylic acids is 2. The maximum Gasteiger partial charge on any atom is 0.288 e. The molecule has 2 rings (SSSR count). The summed E-state index contributed by atoms with van der Waals surface area (Å²) in [6.45, 7) is 0. The summed E-state index contributed by atoms with van der Waals surface area (Å²) in [6, 6.07) is -0.389. The quantitative estimate of drug-likeness (QED) is 0.529. The van der Waals surface area contributed by atoms with Crippen LogP contribution < -0.4 is 0 Å². The summed E-state index contributed by atoms with van der Waals surface area (Å²) in [5.74, 6) is -1.99. The van der Waals surface area contributed by atoms with Crippen molar-refractivity contribution < 1.29 is 14.0 Å². The number of rotatable bonds is 2. The average Bonchev–Trinajstić information content (AvgIpc) is 2.59. The van der Waals surface area contributed by atoms with Gasteiger partial charge in [-0.1, -0.05) is 6.08 Å². The molecule has 3 unspecified atom stereocenters. The fourth-order valence-electron chi connectivity index (χ4n) is 1.79. The number of nitrogens with zero attached hydrogens (tertiary/aromatic N) is 1. The number of halogens is 2. The van der Waals surface area contributed by atoms with E-state index < -0.39 is 16.9 Å². The summed E-state index contributed by atoms with van der Waals surface area (Å²) < 4.78 is 12.8. The fourth-order valence-corrected chi connectivity index (χ4v) is 1.91. The lowest BCUT2D eigenvalue weighted by atomic mass is 9.84. The summed E-state index contributed by atoms with van der Waals surface area (Å²) in [5.41, 5.74) is 0. The van der Waals surface area contributed by atoms with E-state index in [1.54, 1.807) is 6.08 Å². The lowest BCUT2D eigenvalue weighted by Crippen LogP contribution is -2.29. The molecule has 0 N–H and O–H groups in total. The second-order valence-corrected chi connectivity index (χ2v) is 3.78. The third-order valence-electron chi connectivity index (χ3n) is 2.53. The van der Waals surface area contributed by atoms with Gasteiger partial charge in [0.2, 0.25) is 5.78 Å². The molecule has 5 heteroatoms. The van der Waals surface area contributed by atoms with Crippen molar-refractivity contribution in [3.8, 4) is 0 Å². The largest absolute Gasteiger partial charge is 0.289 e. The molecule has 0 aromatic rings. The lowest BCUT2D eigenvalue weighted by molar-refractivity contribution is -0.133. The molecule has 15 heavy (non-hydrogen) atoms. The monoisotopic (exact) mass is 227 g/mol. The van der Waals surface area contributed by atoms with Crippen molar-refractivity contribution in [3.05, 3.63) is 24.1 Å². The molecular formula is C10H7ClFNO2. The van der Waals surface area contributed by atoms with Crippen LogP contribution in [0.3, 0.4) is 0 Å². The summed E-state index contributed by atoms with van der Waals surface area (Å²) >= 11 is 5.10. The van der Waals surface area contributed by atoms with Gasteiger partial charge in [0.25, 0.3) is 5.24 Å². The molecule has 1 aliphatic heterocycles. The van der Waals surface area contributed by atoms with Gasteiger partial charge in [-0.05, 0) is 23.8 Å². The van der Waals surface area contributed by atoms with Crippen LogP contribution in [-0.2, 0) is 9.59 Å². The minimum absolute atomic E-state index is 0.278. The number of Topliss-reactive ketones (excluding diaryl/α,β-unsaturated/α-hetero) is 1. The van der Waals surface area contributed by atoms with Gasteiger partial charge >= 0.3 is 0 Å². The zero-order chi connectivity index (χ0) is 11.0. The highest BCUT2D eigenvalue weighted by Gasteiger charge is 2.38. The van der Waals surface area contributed by atoms with Crippen LogP contribution in [0, 0.1) is 11.8 Å². The highest BCUT2D eigenvalue weighted by Crippen LogP contribution is 2.31. The van der Waals surface area contributed by atoms with Crippen molar-refractivity contribution in [3.63, 3.8) is 0 Å². The molecule has 0 saturated heterocycles. The molecule has 0 aromatic heterocycles. The summed E-state index contributed by atoms with van der Waals surface area (Å²) in [6.07, 6.45) is 5.52. The van der Waals surface area contributed by atoms with Gasteiger partial charge in [0.1, 0.15) is 5.83 Å². The van der Waals surface area contributed by atoms with E-state index in [0.29, 0.717) is 0 Å². The summed E-state index contributed by atoms with van der Waals surface area (Å²) in [5, 5.41) is -1.00. The van der Waals surface area contributed by atoms with Crippen molar-refractivity contribution in [1.29, 1.82) is 0 Å². The molecule has 1 aliphatic carbocycles. The number of allylic oxidation sites excluding steroid dienone is 2. The topological polar surface area (TPSA) is 46.5 Å². The Morgan fingerprint density at radius 2 is 2.20 bits per heavy atom. The molecule has 0 saturated carbocycles. The molecule has 1 heterocycles. The normalized spacial score (nSPS) is 32.4. The number of ketones is 1. The van der Waals surface area contributed by atoms with Crippen molar-refractivity contribution in [2.75, 3.05) is 0 Å². The highest BCUT2D eigenvalue weighted by molar-refractivity contribution is 6.81. The molecule has 78 valence electrons. The van der Waals surface area contributed by atoms with Crippen molar-refractivity contribution in [2.24, 2.45) is 16.8 Å². The molecular weight excluding hydrogens is 221 g/mol. The Morgan fingerprint density at radius 1 is 1.47 bits per heavy atom. The first-order valence-electron chi connectivity index (χ1n) is 4.42. The molecule has 3 atom stereocenters. The Morgan fingerprint density at radius 3 is 2.87 bits per heavy atom. The number of carbonyl (C=O) groups is 2. The molecule has 0 amide bonds. The zero-order valence-corrected chi connectivity index (χ0v) is 8.32. The Bertz CT molecular complexity index is 414. The molecule has 0 spiro atoms. The summed E-state index contributed by atoms with van der Waals surface area (Å²) in [4.78, 5) is 26.0. The van der Waals surface area contributed by atoms with E-state index in [-0.39, 0.29) is 17.8 Å². The molecule has 0 aromatic carbocycles. The van der Waals surface area contributed by atoms with Crippen molar-refractivity contribution >= 4 is 28.8 Å². The van der Waals surface area contributed by atoms with Gasteiger partial charge in [-0.15, -0.1) is 0 Å². The predicted molar refractivity (Wildman–Crippen MR) is 53.5 cm³/mol.